The third kappa shape index (κ3) is 6.57. The minimum atomic E-state index is 1.02. The van der Waals surface area contributed by atoms with Crippen molar-refractivity contribution >= 4 is 65.0 Å². The highest BCUT2D eigenvalue weighted by molar-refractivity contribution is 6.27. The van der Waals surface area contributed by atoms with Crippen molar-refractivity contribution in [2.24, 2.45) is 0 Å². The van der Waals surface area contributed by atoms with E-state index in [4.69, 9.17) is 0 Å². The number of para-hydroxylation sites is 2. The SMILES string of the molecule is C/C=C\C.C=C(C)/C=C\C.c1cc(-c2ccc3ccc4c(-c5ccc6ncccc6c5)ccc5ccc2c3c54)cc(-n2c3ccccc3c3ccccc32)c1. The molecule has 0 atom stereocenters. The number of rotatable bonds is 4. The maximum absolute atomic E-state index is 4.53. The van der Waals surface area contributed by atoms with Crippen LogP contribution in [0.2, 0.25) is 0 Å². The van der Waals surface area contributed by atoms with Crippen molar-refractivity contribution in [3.05, 3.63) is 194 Å². The first-order valence-electron chi connectivity index (χ1n) is 19.0. The quantitative estimate of drug-likeness (QED) is 0.101. The first-order chi connectivity index (χ1) is 27.0. The number of allylic oxidation sites excluding steroid dienone is 5. The molecule has 2 nitrogen and oxygen atoms in total. The summed E-state index contributed by atoms with van der Waals surface area (Å²) in [7, 11) is 0. The number of pyridine rings is 1. The van der Waals surface area contributed by atoms with Gasteiger partial charge in [0.05, 0.1) is 16.6 Å². The van der Waals surface area contributed by atoms with Crippen LogP contribution >= 0.6 is 0 Å². The van der Waals surface area contributed by atoms with Crippen molar-refractivity contribution in [3.8, 4) is 27.9 Å². The lowest BCUT2D eigenvalue weighted by molar-refractivity contribution is 1.18. The van der Waals surface area contributed by atoms with Crippen LogP contribution < -0.4 is 0 Å². The molecule has 10 aromatic rings. The molecule has 2 heterocycles. The van der Waals surface area contributed by atoms with Gasteiger partial charge in [-0.2, -0.15) is 0 Å². The molecule has 0 aliphatic carbocycles. The van der Waals surface area contributed by atoms with Crippen LogP contribution in [0.25, 0.3) is 93.0 Å². The lowest BCUT2D eigenvalue weighted by atomic mass is 9.87. The average Bonchev–Trinajstić information content (AvgIpc) is 3.57. The predicted octanol–water partition coefficient (Wildman–Crippen LogP) is 15.3. The molecular weight excluding hydrogens is 665 g/mol. The van der Waals surface area contributed by atoms with Crippen LogP contribution in [0.1, 0.15) is 27.7 Å². The molecule has 8 aromatic carbocycles. The Bertz CT molecular complexity index is 2990. The molecular formula is C53H44N2. The molecule has 0 aliphatic heterocycles. The summed E-state index contributed by atoms with van der Waals surface area (Å²) in [5, 5.41) is 11.5. The number of hydrogen-bond donors (Lipinski definition) is 0. The van der Waals surface area contributed by atoms with Crippen LogP contribution in [0.4, 0.5) is 0 Å². The fraction of sp³-hybridized carbons (Fsp3) is 0.0755. The maximum Gasteiger partial charge on any atom is 0.0702 e. The summed E-state index contributed by atoms with van der Waals surface area (Å²) in [4.78, 5) is 4.53. The molecule has 0 radical (unpaired) electrons. The van der Waals surface area contributed by atoms with Crippen LogP contribution in [0.15, 0.2) is 194 Å². The Kier molecular flexibility index (Phi) is 9.81. The molecule has 0 aliphatic rings. The van der Waals surface area contributed by atoms with Gasteiger partial charge in [-0.15, -0.1) is 0 Å². The number of nitrogens with zero attached hydrogens (tertiary/aromatic N) is 2. The van der Waals surface area contributed by atoms with E-state index in [9.17, 15) is 0 Å². The second kappa shape index (κ2) is 15.3. The zero-order valence-corrected chi connectivity index (χ0v) is 31.9. The average molecular weight is 709 g/mol. The van der Waals surface area contributed by atoms with Crippen molar-refractivity contribution in [3.63, 3.8) is 0 Å². The minimum absolute atomic E-state index is 1.02. The summed E-state index contributed by atoms with van der Waals surface area (Å²) in [5.74, 6) is 0. The highest BCUT2D eigenvalue weighted by atomic mass is 15.0. The van der Waals surface area contributed by atoms with Crippen LogP contribution in [-0.2, 0) is 0 Å². The van der Waals surface area contributed by atoms with E-state index in [1.165, 1.54) is 82.1 Å². The highest BCUT2D eigenvalue weighted by Crippen LogP contribution is 2.43. The molecule has 0 amide bonds. The molecule has 0 saturated heterocycles. The van der Waals surface area contributed by atoms with Crippen molar-refractivity contribution < 1.29 is 0 Å². The molecule has 10 rings (SSSR count). The topological polar surface area (TPSA) is 17.8 Å². The van der Waals surface area contributed by atoms with E-state index in [-0.39, 0.29) is 0 Å². The first kappa shape index (κ1) is 35.3. The van der Waals surface area contributed by atoms with E-state index >= 15 is 0 Å². The van der Waals surface area contributed by atoms with Crippen molar-refractivity contribution in [2.45, 2.75) is 27.7 Å². The third-order valence-electron chi connectivity index (χ3n) is 10.4. The summed E-state index contributed by atoms with van der Waals surface area (Å²) in [6.07, 6.45) is 9.80. The molecule has 0 N–H and O–H groups in total. The van der Waals surface area contributed by atoms with Crippen LogP contribution in [0.3, 0.4) is 0 Å². The third-order valence-corrected chi connectivity index (χ3v) is 10.4. The van der Waals surface area contributed by atoms with Gasteiger partial charge in [-0.25, -0.2) is 0 Å². The fourth-order valence-electron chi connectivity index (χ4n) is 7.85. The summed E-state index contributed by atoms with van der Waals surface area (Å²) in [6, 6.07) is 55.5. The maximum atomic E-state index is 4.53. The standard InChI is InChI=1S/C43H26N2.C6H10.C4H8/c1-3-12-40-35(10-1)36-11-2-4-13-41(36)45(40)32-9-5-7-29(26-32)33-19-14-27-17-22-38-34(20-15-28-16-21-37(33)42(27)43(28)38)30-18-23-39-31(25-30)8-6-24-44-39;1-4-5-6(2)3;1-3-4-2/h1-26H;4-5H,2H2,1,3H3;3-4H,1-2H3/b;5-4-;4-3-. The smallest absolute Gasteiger partial charge is 0.0702 e. The fourth-order valence-corrected chi connectivity index (χ4v) is 7.85. The van der Waals surface area contributed by atoms with Gasteiger partial charge in [-0.05, 0) is 125 Å². The molecule has 2 heteroatoms. The van der Waals surface area contributed by atoms with Gasteiger partial charge < -0.3 is 4.57 Å². The van der Waals surface area contributed by atoms with Crippen molar-refractivity contribution in [2.75, 3.05) is 0 Å². The molecule has 55 heavy (non-hydrogen) atoms. The summed E-state index contributed by atoms with van der Waals surface area (Å²) >= 11 is 0. The monoisotopic (exact) mass is 708 g/mol. The molecule has 2 aromatic heterocycles. The Balaban J connectivity index is 0.000000383. The summed E-state index contributed by atoms with van der Waals surface area (Å²) in [5.41, 5.74) is 10.7. The molecule has 0 bridgehead atoms. The normalized spacial score (nSPS) is 11.6. The van der Waals surface area contributed by atoms with Crippen LogP contribution in [0.5, 0.6) is 0 Å². The van der Waals surface area contributed by atoms with E-state index < -0.39 is 0 Å². The van der Waals surface area contributed by atoms with Gasteiger partial charge in [0.15, 0.2) is 0 Å². The van der Waals surface area contributed by atoms with Gasteiger partial charge in [0.1, 0.15) is 0 Å². The molecule has 0 unspecified atom stereocenters. The predicted molar refractivity (Wildman–Crippen MR) is 241 cm³/mol. The Labute approximate surface area is 323 Å². The van der Waals surface area contributed by atoms with Crippen LogP contribution in [-0.4, -0.2) is 9.55 Å². The van der Waals surface area contributed by atoms with Gasteiger partial charge in [-0.3, -0.25) is 4.98 Å². The Morgan fingerprint density at radius 3 is 1.65 bits per heavy atom. The molecule has 266 valence electrons. The van der Waals surface area contributed by atoms with E-state index in [1.54, 1.807) is 0 Å². The first-order valence-corrected chi connectivity index (χ1v) is 19.0. The second-order valence-corrected chi connectivity index (χ2v) is 14.0. The lowest BCUT2D eigenvalue weighted by Crippen LogP contribution is -1.94. The van der Waals surface area contributed by atoms with E-state index in [0.29, 0.717) is 0 Å². The second-order valence-electron chi connectivity index (χ2n) is 14.0. The summed E-state index contributed by atoms with van der Waals surface area (Å²) in [6.45, 7) is 11.6. The zero-order valence-electron chi connectivity index (χ0n) is 31.9. The number of fused-ring (bicyclic) bond motifs is 4. The van der Waals surface area contributed by atoms with Gasteiger partial charge in [0.25, 0.3) is 0 Å². The number of hydrogen-bond acceptors (Lipinski definition) is 1. The van der Waals surface area contributed by atoms with Crippen LogP contribution in [0, 0.1) is 0 Å². The van der Waals surface area contributed by atoms with E-state index in [2.05, 4.69) is 162 Å². The minimum Gasteiger partial charge on any atom is -0.309 e. The molecule has 0 fully saturated rings. The molecule has 0 spiro atoms. The molecule has 0 saturated carbocycles. The van der Waals surface area contributed by atoms with Crippen molar-refractivity contribution in [1.82, 2.24) is 9.55 Å². The van der Waals surface area contributed by atoms with E-state index in [1.807, 2.05) is 64.3 Å². The summed E-state index contributed by atoms with van der Waals surface area (Å²) < 4.78 is 2.40. The lowest BCUT2D eigenvalue weighted by Gasteiger charge is -2.17. The van der Waals surface area contributed by atoms with Gasteiger partial charge >= 0.3 is 0 Å². The Morgan fingerprint density at radius 2 is 1.09 bits per heavy atom. The van der Waals surface area contributed by atoms with Gasteiger partial charge in [-0.1, -0.05) is 146 Å². The van der Waals surface area contributed by atoms with Gasteiger partial charge in [0.2, 0.25) is 0 Å². The van der Waals surface area contributed by atoms with E-state index in [0.717, 1.165) is 16.5 Å². The largest absolute Gasteiger partial charge is 0.309 e. The van der Waals surface area contributed by atoms with Gasteiger partial charge in [0, 0.05) is 28.0 Å². The van der Waals surface area contributed by atoms with Crippen molar-refractivity contribution in [1.29, 1.82) is 0 Å². The number of aromatic nitrogens is 2. The Hall–Kier alpha value is -6.77. The zero-order chi connectivity index (χ0) is 37.9. The highest BCUT2D eigenvalue weighted by Gasteiger charge is 2.17. The Morgan fingerprint density at radius 1 is 0.509 bits per heavy atom. The number of benzene rings is 8.